The maximum Gasteiger partial charge on any atom is 2.00 e. The summed E-state index contributed by atoms with van der Waals surface area (Å²) in [6.45, 7) is 5.15. The Morgan fingerprint density at radius 1 is 0.439 bits per heavy atom. The molecule has 0 aromatic heterocycles. The predicted molar refractivity (Wildman–Crippen MR) is 154 cm³/mol. The van der Waals surface area contributed by atoms with E-state index in [0.29, 0.717) is 25.4 Å². The molecule has 0 N–H and O–H groups in total. The Morgan fingerprint density at radius 3 is 0.927 bits per heavy atom. The van der Waals surface area contributed by atoms with E-state index in [9.17, 15) is 29.4 Å². The molecular weight excluding hydrogens is 578 g/mol. The zero-order chi connectivity index (χ0) is 30.1. The van der Waals surface area contributed by atoms with Gasteiger partial charge in [-0.2, -0.15) is 0 Å². The fourth-order valence-electron chi connectivity index (χ4n) is 3.89. The predicted octanol–water partition coefficient (Wildman–Crippen LogP) is 5.51. The van der Waals surface area contributed by atoms with Gasteiger partial charge < -0.3 is 29.3 Å². The van der Waals surface area contributed by atoms with Crippen molar-refractivity contribution in [1.82, 2.24) is 0 Å². The SMILES string of the molecule is CCCCCCCCCCCCOC(=O)/C=C/C(=O)[O-].CCCCCCCCCCCCOC(=O)/C=C/C(=O)[O-].[Zn+2]. The third-order valence-corrected chi connectivity index (χ3v) is 6.20. The largest absolute Gasteiger partial charge is 2.00 e. The number of rotatable bonds is 26. The Labute approximate surface area is 261 Å². The molecule has 0 spiro atoms. The minimum absolute atomic E-state index is 0. The van der Waals surface area contributed by atoms with E-state index in [4.69, 9.17) is 9.47 Å². The van der Waals surface area contributed by atoms with E-state index < -0.39 is 23.9 Å². The number of ether oxygens (including phenoxy) is 2. The summed E-state index contributed by atoms with van der Waals surface area (Å²) in [6, 6.07) is 0. The quantitative estimate of drug-likeness (QED) is 0.0528. The van der Waals surface area contributed by atoms with Crippen molar-refractivity contribution in [3.05, 3.63) is 24.3 Å². The molecule has 0 fully saturated rings. The van der Waals surface area contributed by atoms with E-state index in [0.717, 1.165) is 37.8 Å². The van der Waals surface area contributed by atoms with Crippen molar-refractivity contribution in [3.63, 3.8) is 0 Å². The van der Waals surface area contributed by atoms with E-state index in [-0.39, 0.29) is 19.5 Å². The van der Waals surface area contributed by atoms with Crippen LogP contribution in [0, 0.1) is 0 Å². The zero-order valence-electron chi connectivity index (χ0n) is 25.8. The number of hydrogen-bond acceptors (Lipinski definition) is 8. The maximum absolute atomic E-state index is 11.0. The van der Waals surface area contributed by atoms with Crippen molar-refractivity contribution < 1.29 is 58.3 Å². The first-order chi connectivity index (χ1) is 19.3. The molecule has 0 aliphatic rings. The molecule has 0 saturated heterocycles. The summed E-state index contributed by atoms with van der Waals surface area (Å²) in [6.07, 6.45) is 27.6. The molecule has 0 rings (SSSR count). The molecule has 0 heterocycles. The Balaban J connectivity index is -0.000000688. The fourth-order valence-corrected chi connectivity index (χ4v) is 3.89. The normalized spacial score (nSPS) is 10.6. The molecule has 0 radical (unpaired) electrons. The van der Waals surface area contributed by atoms with Crippen LogP contribution in [0.5, 0.6) is 0 Å². The van der Waals surface area contributed by atoms with Crippen LogP contribution in [0.15, 0.2) is 24.3 Å². The van der Waals surface area contributed by atoms with Crippen LogP contribution in [-0.4, -0.2) is 37.1 Å². The van der Waals surface area contributed by atoms with Gasteiger partial charge in [-0.3, -0.25) is 0 Å². The Bertz CT molecular complexity index is 633. The molecule has 0 saturated carbocycles. The van der Waals surface area contributed by atoms with Crippen molar-refractivity contribution in [2.75, 3.05) is 13.2 Å². The van der Waals surface area contributed by atoms with Gasteiger partial charge in [-0.1, -0.05) is 129 Å². The minimum atomic E-state index is -1.39. The molecule has 0 unspecified atom stereocenters. The fraction of sp³-hybridized carbons (Fsp3) is 0.750. The third-order valence-electron chi connectivity index (χ3n) is 6.20. The number of carbonyl (C=O) groups excluding carboxylic acids is 4. The number of carboxylic acid groups (broad SMARTS) is 2. The smallest absolute Gasteiger partial charge is 0.545 e. The summed E-state index contributed by atoms with van der Waals surface area (Å²) < 4.78 is 9.70. The van der Waals surface area contributed by atoms with Gasteiger partial charge in [0.15, 0.2) is 0 Å². The number of carboxylic acids is 2. The van der Waals surface area contributed by atoms with Crippen LogP contribution in [0.25, 0.3) is 0 Å². The van der Waals surface area contributed by atoms with Gasteiger partial charge in [-0.15, -0.1) is 0 Å². The van der Waals surface area contributed by atoms with E-state index >= 15 is 0 Å². The molecule has 0 aromatic carbocycles. The average Bonchev–Trinajstić information content (AvgIpc) is 2.92. The molecule has 0 aliphatic heterocycles. The van der Waals surface area contributed by atoms with Crippen LogP contribution < -0.4 is 10.2 Å². The van der Waals surface area contributed by atoms with Crippen LogP contribution in [0.1, 0.15) is 142 Å². The van der Waals surface area contributed by atoms with Crippen LogP contribution in [0.2, 0.25) is 0 Å². The Morgan fingerprint density at radius 2 is 0.683 bits per heavy atom. The summed E-state index contributed by atoms with van der Waals surface area (Å²) in [4.78, 5) is 42.1. The van der Waals surface area contributed by atoms with E-state index in [1.54, 1.807) is 0 Å². The zero-order valence-corrected chi connectivity index (χ0v) is 28.8. The summed E-state index contributed by atoms with van der Waals surface area (Å²) in [5.74, 6) is -4.02. The molecule has 0 aliphatic carbocycles. The summed E-state index contributed by atoms with van der Waals surface area (Å²) >= 11 is 0. The van der Waals surface area contributed by atoms with Crippen LogP contribution >= 0.6 is 0 Å². The third kappa shape index (κ3) is 42.6. The molecule has 9 heteroatoms. The minimum Gasteiger partial charge on any atom is -0.545 e. The molecule has 0 amide bonds. The van der Waals surface area contributed by atoms with Gasteiger partial charge in [0.25, 0.3) is 0 Å². The molecule has 8 nitrogen and oxygen atoms in total. The first-order valence-corrected chi connectivity index (χ1v) is 15.4. The van der Waals surface area contributed by atoms with Crippen molar-refractivity contribution in [3.8, 4) is 0 Å². The van der Waals surface area contributed by atoms with Gasteiger partial charge in [0.2, 0.25) is 0 Å². The van der Waals surface area contributed by atoms with Crippen LogP contribution in [0.3, 0.4) is 0 Å². The van der Waals surface area contributed by atoms with Crippen molar-refractivity contribution in [2.24, 2.45) is 0 Å². The second kappa shape index (κ2) is 36.0. The van der Waals surface area contributed by atoms with Crippen molar-refractivity contribution in [1.29, 1.82) is 0 Å². The van der Waals surface area contributed by atoms with Gasteiger partial charge in [-0.05, 0) is 25.0 Å². The number of hydrogen-bond donors (Lipinski definition) is 0. The van der Waals surface area contributed by atoms with Gasteiger partial charge >= 0.3 is 31.4 Å². The number of unbranched alkanes of at least 4 members (excludes halogenated alkanes) is 18. The van der Waals surface area contributed by atoms with Crippen molar-refractivity contribution >= 4 is 23.9 Å². The molecule has 0 bridgehead atoms. The Hall–Kier alpha value is -2.02. The van der Waals surface area contributed by atoms with Gasteiger partial charge in [0.05, 0.1) is 25.2 Å². The molecule has 0 aromatic rings. The van der Waals surface area contributed by atoms with E-state index in [1.807, 2.05) is 0 Å². The van der Waals surface area contributed by atoms with E-state index in [1.165, 1.54) is 103 Å². The van der Waals surface area contributed by atoms with Gasteiger partial charge in [0, 0.05) is 12.2 Å². The molecule has 41 heavy (non-hydrogen) atoms. The number of aliphatic carboxylic acids is 2. The van der Waals surface area contributed by atoms with Crippen LogP contribution in [0.4, 0.5) is 0 Å². The van der Waals surface area contributed by atoms with Gasteiger partial charge in [-0.25, -0.2) is 9.59 Å². The average molecular weight is 632 g/mol. The van der Waals surface area contributed by atoms with Crippen LogP contribution in [-0.2, 0) is 48.1 Å². The molecule has 232 valence electrons. The molecular formula is C32H54O8Zn. The Kier molecular flexibility index (Phi) is 38.2. The standard InChI is InChI=1S/2C16H28O4.Zn/c2*1-2-3-4-5-6-7-8-9-10-11-14-20-16(19)13-12-15(17)18;/h2*12-13H,2-11,14H2,1H3,(H,17,18);/q;;+2/p-2/b2*13-12+;. The van der Waals surface area contributed by atoms with E-state index in [2.05, 4.69) is 13.8 Å². The topological polar surface area (TPSA) is 133 Å². The molecule has 0 atom stereocenters. The summed E-state index contributed by atoms with van der Waals surface area (Å²) in [5.41, 5.74) is 0. The van der Waals surface area contributed by atoms with Gasteiger partial charge in [0.1, 0.15) is 0 Å². The number of carbonyl (C=O) groups is 4. The second-order valence-corrected chi connectivity index (χ2v) is 10.0. The first-order valence-electron chi connectivity index (χ1n) is 15.4. The summed E-state index contributed by atoms with van der Waals surface area (Å²) in [5, 5.41) is 20.1. The summed E-state index contributed by atoms with van der Waals surface area (Å²) in [7, 11) is 0. The maximum atomic E-state index is 11.0. The first kappa shape index (κ1) is 43.4. The van der Waals surface area contributed by atoms with Crippen molar-refractivity contribution in [2.45, 2.75) is 142 Å². The second-order valence-electron chi connectivity index (χ2n) is 10.0. The monoisotopic (exact) mass is 630 g/mol. The number of esters is 2.